The van der Waals surface area contributed by atoms with Crippen LogP contribution in [0, 0.1) is 0 Å². The van der Waals surface area contributed by atoms with E-state index in [1.54, 1.807) is 17.4 Å². The summed E-state index contributed by atoms with van der Waals surface area (Å²) in [7, 11) is 0. The number of hydrogen-bond acceptors (Lipinski definition) is 4. The van der Waals surface area contributed by atoms with Crippen molar-refractivity contribution in [3.8, 4) is 0 Å². The van der Waals surface area contributed by atoms with Crippen LogP contribution in [-0.4, -0.2) is 16.8 Å². The van der Waals surface area contributed by atoms with Crippen LogP contribution in [0.4, 0.5) is 5.69 Å². The van der Waals surface area contributed by atoms with Crippen LogP contribution >= 0.6 is 38.9 Å². The summed E-state index contributed by atoms with van der Waals surface area (Å²) in [6, 6.07) is 8.56. The van der Waals surface area contributed by atoms with Gasteiger partial charge in [0.05, 0.1) is 30.6 Å². The Balaban J connectivity index is 2.18. The lowest BCUT2D eigenvalue weighted by Gasteiger charge is -2.04. The molecule has 0 bridgehead atoms. The highest BCUT2D eigenvalue weighted by Crippen LogP contribution is 2.23. The molecule has 2 N–H and O–H groups in total. The molecule has 1 aromatic heterocycles. The number of halogens is 2. The zero-order chi connectivity index (χ0) is 14.7. The first kappa shape index (κ1) is 15.0. The first-order valence-electron chi connectivity index (χ1n) is 5.56. The van der Waals surface area contributed by atoms with E-state index in [9.17, 15) is 4.79 Å². The highest BCUT2D eigenvalue weighted by molar-refractivity contribution is 9.11. The second-order valence-electron chi connectivity index (χ2n) is 3.91. The molecule has 104 valence electrons. The molecule has 7 heteroatoms. The number of nitrogens with zero attached hydrogens (tertiary/aromatic N) is 1. The van der Waals surface area contributed by atoms with Crippen LogP contribution in [0.15, 0.2) is 39.2 Å². The molecule has 0 saturated carbocycles. The van der Waals surface area contributed by atoms with E-state index in [1.807, 2.05) is 19.1 Å². The molecule has 4 nitrogen and oxygen atoms in total. The highest BCUT2D eigenvalue weighted by Gasteiger charge is 2.09. The maximum Gasteiger partial charge on any atom is 0.337 e. The monoisotopic (exact) mass is 372 g/mol. The largest absolute Gasteiger partial charge is 0.478 e. The van der Waals surface area contributed by atoms with Crippen LogP contribution in [0.5, 0.6) is 0 Å². The van der Waals surface area contributed by atoms with Crippen molar-refractivity contribution in [2.24, 2.45) is 5.10 Å². The van der Waals surface area contributed by atoms with Gasteiger partial charge >= 0.3 is 5.97 Å². The average Bonchev–Trinajstić information content (AvgIpc) is 2.84. The summed E-state index contributed by atoms with van der Waals surface area (Å²) >= 11 is 10.8. The third-order valence-corrected chi connectivity index (χ3v) is 4.54. The number of hydrogen-bond donors (Lipinski definition) is 2. The number of carbonyl (C=O) groups is 1. The number of aromatic carboxylic acids is 1. The third kappa shape index (κ3) is 3.59. The fraction of sp³-hybridized carbons (Fsp3) is 0.0769. The molecular weight excluding hydrogens is 364 g/mol. The van der Waals surface area contributed by atoms with Gasteiger partial charge in [-0.3, -0.25) is 5.43 Å². The van der Waals surface area contributed by atoms with Crippen LogP contribution < -0.4 is 5.43 Å². The predicted octanol–water partition coefficient (Wildman–Crippen LogP) is 4.70. The Morgan fingerprint density at radius 1 is 1.40 bits per heavy atom. The van der Waals surface area contributed by atoms with Crippen molar-refractivity contribution in [1.82, 2.24) is 0 Å². The van der Waals surface area contributed by atoms with Gasteiger partial charge in [-0.2, -0.15) is 5.10 Å². The number of anilines is 1. The van der Waals surface area contributed by atoms with E-state index in [0.717, 1.165) is 14.4 Å². The maximum absolute atomic E-state index is 11.0. The number of hydrazone groups is 1. The van der Waals surface area contributed by atoms with E-state index < -0.39 is 5.97 Å². The van der Waals surface area contributed by atoms with Crippen LogP contribution in [0.3, 0.4) is 0 Å². The Labute approximate surface area is 133 Å². The minimum atomic E-state index is -1.07. The van der Waals surface area contributed by atoms with Crippen molar-refractivity contribution < 1.29 is 9.90 Å². The second-order valence-corrected chi connectivity index (χ2v) is 6.78. The summed E-state index contributed by atoms with van der Waals surface area (Å²) in [5, 5.41) is 13.4. The Morgan fingerprint density at radius 3 is 2.75 bits per heavy atom. The molecule has 0 radical (unpaired) electrons. The minimum absolute atomic E-state index is 0.0448. The summed E-state index contributed by atoms with van der Waals surface area (Å²) < 4.78 is 1.03. The molecule has 0 spiro atoms. The van der Waals surface area contributed by atoms with E-state index in [2.05, 4.69) is 26.5 Å². The third-order valence-electron chi connectivity index (χ3n) is 2.48. The molecule has 0 amide bonds. The van der Waals surface area contributed by atoms with Gasteiger partial charge in [0.15, 0.2) is 0 Å². The lowest BCUT2D eigenvalue weighted by molar-refractivity contribution is 0.0697. The lowest BCUT2D eigenvalue weighted by atomic mass is 10.2. The highest BCUT2D eigenvalue weighted by atomic mass is 79.9. The van der Waals surface area contributed by atoms with Crippen molar-refractivity contribution in [3.05, 3.63) is 49.6 Å². The Morgan fingerprint density at radius 2 is 2.15 bits per heavy atom. The van der Waals surface area contributed by atoms with E-state index in [1.165, 1.54) is 12.1 Å². The van der Waals surface area contributed by atoms with E-state index in [4.69, 9.17) is 16.7 Å². The van der Waals surface area contributed by atoms with Gasteiger partial charge in [-0.15, -0.1) is 11.3 Å². The van der Waals surface area contributed by atoms with E-state index >= 15 is 0 Å². The second kappa shape index (κ2) is 6.39. The van der Waals surface area contributed by atoms with Gasteiger partial charge in [0, 0.05) is 0 Å². The number of nitrogens with one attached hydrogen (secondary N) is 1. The standard InChI is InChI=1S/C13H10BrClN2O2S/c1-7(11-4-5-12(14)20-11)16-17-8-2-3-10(15)9(6-8)13(18)19/h2-6,17H,1H3,(H,18,19)/b16-7-. The SMILES string of the molecule is C/C(=N/Nc1ccc(Cl)c(C(=O)O)c1)c1ccc(Br)s1. The fourth-order valence-corrected chi connectivity index (χ4v) is 3.00. The normalized spacial score (nSPS) is 11.4. The molecule has 0 aliphatic heterocycles. The number of carboxylic acid groups (broad SMARTS) is 1. The van der Waals surface area contributed by atoms with Gasteiger partial charge in [-0.1, -0.05) is 11.6 Å². The molecule has 0 atom stereocenters. The molecule has 0 aliphatic carbocycles. The topological polar surface area (TPSA) is 61.7 Å². The summed E-state index contributed by atoms with van der Waals surface area (Å²) in [6.07, 6.45) is 0. The van der Waals surface area contributed by atoms with Crippen LogP contribution in [0.25, 0.3) is 0 Å². The summed E-state index contributed by atoms with van der Waals surface area (Å²) in [5.41, 5.74) is 4.26. The number of thiophene rings is 1. The van der Waals surface area contributed by atoms with Gasteiger partial charge in [-0.05, 0) is 53.2 Å². The van der Waals surface area contributed by atoms with E-state index in [0.29, 0.717) is 5.69 Å². The van der Waals surface area contributed by atoms with Gasteiger partial charge < -0.3 is 5.11 Å². The maximum atomic E-state index is 11.0. The molecule has 1 heterocycles. The molecule has 0 fully saturated rings. The zero-order valence-electron chi connectivity index (χ0n) is 10.4. The molecule has 1 aromatic carbocycles. The summed E-state index contributed by atoms with van der Waals surface area (Å²) in [5.74, 6) is -1.07. The number of rotatable bonds is 4. The smallest absolute Gasteiger partial charge is 0.337 e. The van der Waals surface area contributed by atoms with Gasteiger partial charge in [0.25, 0.3) is 0 Å². The summed E-state index contributed by atoms with van der Waals surface area (Å²) in [6.45, 7) is 1.87. The van der Waals surface area contributed by atoms with Gasteiger partial charge in [0.1, 0.15) is 0 Å². The van der Waals surface area contributed by atoms with Gasteiger partial charge in [0.2, 0.25) is 0 Å². The molecule has 0 aliphatic rings. The summed E-state index contributed by atoms with van der Waals surface area (Å²) in [4.78, 5) is 12.0. The number of benzene rings is 1. The first-order chi connectivity index (χ1) is 9.47. The molecule has 0 saturated heterocycles. The Bertz CT molecular complexity index is 685. The zero-order valence-corrected chi connectivity index (χ0v) is 13.5. The average molecular weight is 374 g/mol. The van der Waals surface area contributed by atoms with Crippen molar-refractivity contribution in [1.29, 1.82) is 0 Å². The van der Waals surface area contributed by atoms with E-state index in [-0.39, 0.29) is 10.6 Å². The van der Waals surface area contributed by atoms with Crippen molar-refractivity contribution in [2.45, 2.75) is 6.92 Å². The Kier molecular flexibility index (Phi) is 4.80. The van der Waals surface area contributed by atoms with Crippen LogP contribution in [-0.2, 0) is 0 Å². The molecule has 20 heavy (non-hydrogen) atoms. The van der Waals surface area contributed by atoms with Crippen LogP contribution in [0.1, 0.15) is 22.2 Å². The van der Waals surface area contributed by atoms with Gasteiger partial charge in [-0.25, -0.2) is 4.79 Å². The minimum Gasteiger partial charge on any atom is -0.478 e. The molecule has 2 aromatic rings. The Hall–Kier alpha value is -1.37. The molecule has 2 rings (SSSR count). The fourth-order valence-electron chi connectivity index (χ4n) is 1.47. The van der Waals surface area contributed by atoms with Crippen molar-refractivity contribution >= 4 is 56.2 Å². The van der Waals surface area contributed by atoms with Crippen molar-refractivity contribution in [3.63, 3.8) is 0 Å². The molecular formula is C13H10BrClN2O2S. The van der Waals surface area contributed by atoms with Crippen LogP contribution in [0.2, 0.25) is 5.02 Å². The van der Waals surface area contributed by atoms with Crippen molar-refractivity contribution in [2.75, 3.05) is 5.43 Å². The predicted molar refractivity (Wildman–Crippen MR) is 86.3 cm³/mol. The molecule has 0 unspecified atom stereocenters. The first-order valence-corrected chi connectivity index (χ1v) is 7.55. The number of carboxylic acids is 1. The quantitative estimate of drug-likeness (QED) is 0.603. The lowest BCUT2D eigenvalue weighted by Crippen LogP contribution is -2.01.